The van der Waals surface area contributed by atoms with Crippen LogP contribution in [0, 0.1) is 0 Å². The monoisotopic (exact) mass is 230 g/mol. The van der Waals surface area contributed by atoms with Crippen LogP contribution in [-0.4, -0.2) is 38.9 Å². The summed E-state index contributed by atoms with van der Waals surface area (Å²) in [5.74, 6) is 0.758. The summed E-state index contributed by atoms with van der Waals surface area (Å²) in [4.78, 5) is 6.64. The Bertz CT molecular complexity index is 224. The summed E-state index contributed by atoms with van der Waals surface area (Å²) in [7, 11) is 1.14. The van der Waals surface area contributed by atoms with Crippen LogP contribution in [-0.2, 0) is 0 Å². The van der Waals surface area contributed by atoms with Crippen LogP contribution in [0.15, 0.2) is 16.8 Å². The predicted octanol–water partition coefficient (Wildman–Crippen LogP) is 1.27. The number of hydrogen-bond acceptors (Lipinski definition) is 3. The zero-order valence-corrected chi connectivity index (χ0v) is 12.8. The number of aliphatic imine (C=N–C) groups is 1. The first-order valence-corrected chi connectivity index (χ1v) is 7.14. The van der Waals surface area contributed by atoms with Crippen molar-refractivity contribution in [2.75, 3.05) is 12.0 Å². The highest BCUT2D eigenvalue weighted by Gasteiger charge is 2.06. The van der Waals surface area contributed by atoms with Gasteiger partial charge in [0.25, 0.3) is 0 Å². The van der Waals surface area contributed by atoms with Crippen LogP contribution in [0.5, 0.6) is 0 Å². The van der Waals surface area contributed by atoms with Gasteiger partial charge in [-0.05, 0) is 33.8 Å². The van der Waals surface area contributed by atoms with Gasteiger partial charge in [-0.1, -0.05) is 0 Å². The fourth-order valence-electron chi connectivity index (χ4n) is 1.36. The Morgan fingerprint density at radius 2 is 2.07 bits per heavy atom. The molecule has 82 valence electrons. The summed E-state index contributed by atoms with van der Waals surface area (Å²) in [6.45, 7) is 8.51. The third kappa shape index (κ3) is 4.86. The van der Waals surface area contributed by atoms with Crippen molar-refractivity contribution >= 4 is 28.6 Å². The fraction of sp³-hybridized carbons (Fsp3) is 0.700. The molecular weight excluding hydrogens is 208 g/mol. The second kappa shape index (κ2) is 7.12. The van der Waals surface area contributed by atoms with Gasteiger partial charge in [0, 0.05) is 33.9 Å². The molecule has 0 atom stereocenters. The maximum absolute atomic E-state index is 4.39. The van der Waals surface area contributed by atoms with E-state index in [-0.39, 0.29) is 0 Å². The normalized spacial score (nSPS) is 13.9. The predicted molar refractivity (Wildman–Crippen MR) is 72.5 cm³/mol. The molecule has 0 saturated carbocycles. The average Bonchev–Trinajstić information content (AvgIpc) is 2.04. The third-order valence-electron chi connectivity index (χ3n) is 2.05. The number of thiol groups is 1. The van der Waals surface area contributed by atoms with Crippen molar-refractivity contribution in [1.29, 1.82) is 0 Å². The van der Waals surface area contributed by atoms with E-state index in [0.717, 1.165) is 28.0 Å². The van der Waals surface area contributed by atoms with Crippen LogP contribution in [0.4, 0.5) is 0 Å². The first kappa shape index (κ1) is 13.8. The minimum atomic E-state index is 0.493. The van der Waals surface area contributed by atoms with Crippen molar-refractivity contribution in [2.45, 2.75) is 33.7 Å². The molecule has 0 bridgehead atoms. The lowest BCUT2D eigenvalue weighted by atomic mass is 10.2. The minimum absolute atomic E-state index is 0.493. The SMILES string of the molecule is CC(/C=C(/C)N(CS)C(C)C)=NC[SiH3]. The molecule has 0 N–H and O–H groups in total. The number of allylic oxidation sites excluding steroid dienone is 2. The summed E-state index contributed by atoms with van der Waals surface area (Å²) in [6, 6.07) is 0.493. The Morgan fingerprint density at radius 3 is 2.43 bits per heavy atom. The van der Waals surface area contributed by atoms with E-state index in [1.807, 2.05) is 0 Å². The largest absolute Gasteiger partial charge is 0.364 e. The van der Waals surface area contributed by atoms with Crippen LogP contribution < -0.4 is 0 Å². The summed E-state index contributed by atoms with van der Waals surface area (Å²) in [5, 5.41) is 0. The van der Waals surface area contributed by atoms with E-state index in [9.17, 15) is 0 Å². The zero-order chi connectivity index (χ0) is 11.1. The number of nitrogens with zero attached hydrogens (tertiary/aromatic N) is 2. The number of hydrogen-bond donors (Lipinski definition) is 1. The Labute approximate surface area is 96.3 Å². The minimum Gasteiger partial charge on any atom is -0.364 e. The summed E-state index contributed by atoms with van der Waals surface area (Å²) in [5.41, 5.74) is 2.36. The van der Waals surface area contributed by atoms with Crippen molar-refractivity contribution < 1.29 is 0 Å². The van der Waals surface area contributed by atoms with Gasteiger partial charge in [-0.25, -0.2) is 0 Å². The van der Waals surface area contributed by atoms with Crippen molar-refractivity contribution in [1.82, 2.24) is 4.90 Å². The second-order valence-electron chi connectivity index (χ2n) is 3.61. The van der Waals surface area contributed by atoms with E-state index in [1.165, 1.54) is 5.70 Å². The Morgan fingerprint density at radius 1 is 1.50 bits per heavy atom. The van der Waals surface area contributed by atoms with E-state index in [4.69, 9.17) is 0 Å². The highest BCUT2D eigenvalue weighted by atomic mass is 32.1. The van der Waals surface area contributed by atoms with Gasteiger partial charge in [-0.3, -0.25) is 4.99 Å². The summed E-state index contributed by atoms with van der Waals surface area (Å²) >= 11 is 4.32. The second-order valence-corrected chi connectivity index (χ2v) is 4.52. The standard InChI is InChI=1S/C10H22N2SSi/c1-8(2)12(7-13)10(4)5-9(3)11-6-14/h5,8,13H,6-7H2,1-4,14H3/b10-5-,11-9?. The topological polar surface area (TPSA) is 15.6 Å². The smallest absolute Gasteiger partial charge is 0.0609 e. The first-order valence-electron chi connectivity index (χ1n) is 5.09. The van der Waals surface area contributed by atoms with Crippen molar-refractivity contribution in [3.05, 3.63) is 11.8 Å². The van der Waals surface area contributed by atoms with Crippen molar-refractivity contribution in [2.24, 2.45) is 4.99 Å². The molecule has 0 aromatic heterocycles. The molecule has 0 fully saturated rings. The lowest BCUT2D eigenvalue weighted by Gasteiger charge is -2.27. The molecule has 0 aliphatic carbocycles. The van der Waals surface area contributed by atoms with Gasteiger partial charge in [0.1, 0.15) is 0 Å². The quantitative estimate of drug-likeness (QED) is 0.325. The van der Waals surface area contributed by atoms with Crippen molar-refractivity contribution in [3.63, 3.8) is 0 Å². The van der Waals surface area contributed by atoms with E-state index < -0.39 is 0 Å². The molecule has 0 amide bonds. The molecule has 14 heavy (non-hydrogen) atoms. The maximum Gasteiger partial charge on any atom is 0.0609 e. The maximum atomic E-state index is 4.39. The van der Waals surface area contributed by atoms with Crippen LogP contribution in [0.1, 0.15) is 27.7 Å². The molecule has 0 aliphatic rings. The molecule has 4 heteroatoms. The lowest BCUT2D eigenvalue weighted by Crippen LogP contribution is -2.28. The van der Waals surface area contributed by atoms with Gasteiger partial charge in [0.2, 0.25) is 0 Å². The molecule has 0 heterocycles. The molecule has 0 aromatic rings. The molecule has 0 radical (unpaired) electrons. The molecule has 0 rings (SSSR count). The van der Waals surface area contributed by atoms with Gasteiger partial charge in [0.05, 0.1) is 5.88 Å². The van der Waals surface area contributed by atoms with Crippen LogP contribution in [0.25, 0.3) is 0 Å². The van der Waals surface area contributed by atoms with Crippen LogP contribution >= 0.6 is 12.6 Å². The van der Waals surface area contributed by atoms with Gasteiger partial charge in [-0.15, -0.1) is 0 Å². The zero-order valence-electron chi connectivity index (χ0n) is 9.91. The highest BCUT2D eigenvalue weighted by molar-refractivity contribution is 7.80. The average molecular weight is 230 g/mol. The molecule has 0 unspecified atom stereocenters. The van der Waals surface area contributed by atoms with Gasteiger partial charge in [-0.2, -0.15) is 12.6 Å². The van der Waals surface area contributed by atoms with Crippen LogP contribution in [0.3, 0.4) is 0 Å². The van der Waals surface area contributed by atoms with Gasteiger partial charge >= 0.3 is 0 Å². The molecular formula is C10H22N2SSi. The Kier molecular flexibility index (Phi) is 7.01. The Hall–Kier alpha value is -0.223. The fourth-order valence-corrected chi connectivity index (χ4v) is 2.41. The molecule has 0 saturated heterocycles. The molecule has 0 spiro atoms. The molecule has 0 aromatic carbocycles. The summed E-state index contributed by atoms with van der Waals surface area (Å²) in [6.07, 6.45) is 3.12. The lowest BCUT2D eigenvalue weighted by molar-refractivity contribution is 0.333. The number of rotatable bonds is 5. The third-order valence-corrected chi connectivity index (χ3v) is 2.67. The van der Waals surface area contributed by atoms with E-state index in [2.05, 4.69) is 56.3 Å². The van der Waals surface area contributed by atoms with E-state index in [0.29, 0.717) is 6.04 Å². The van der Waals surface area contributed by atoms with Crippen molar-refractivity contribution in [3.8, 4) is 0 Å². The first-order chi connectivity index (χ1) is 6.52. The Balaban J connectivity index is 4.56. The van der Waals surface area contributed by atoms with Gasteiger partial charge in [0.15, 0.2) is 0 Å². The van der Waals surface area contributed by atoms with Gasteiger partial charge < -0.3 is 4.90 Å². The molecule has 0 aliphatic heterocycles. The van der Waals surface area contributed by atoms with E-state index in [1.54, 1.807) is 0 Å². The summed E-state index contributed by atoms with van der Waals surface area (Å²) < 4.78 is 0. The molecule has 2 nitrogen and oxygen atoms in total. The van der Waals surface area contributed by atoms with E-state index >= 15 is 0 Å². The highest BCUT2D eigenvalue weighted by Crippen LogP contribution is 2.09. The van der Waals surface area contributed by atoms with Crippen LogP contribution in [0.2, 0.25) is 0 Å².